The van der Waals surface area contributed by atoms with Crippen molar-refractivity contribution in [1.82, 2.24) is 9.97 Å². The molecule has 4 rings (SSSR count). The summed E-state index contributed by atoms with van der Waals surface area (Å²) in [6.45, 7) is 2.00. The van der Waals surface area contributed by atoms with Gasteiger partial charge in [0.15, 0.2) is 0 Å². The summed E-state index contributed by atoms with van der Waals surface area (Å²) in [7, 11) is 0. The molecular weight excluding hydrogens is 405 g/mol. The Morgan fingerprint density at radius 3 is 2.43 bits per heavy atom. The molecule has 142 valence electrons. The topological polar surface area (TPSA) is 28.7 Å². The minimum absolute atomic E-state index is 0.190. The predicted molar refractivity (Wildman–Crippen MR) is 108 cm³/mol. The van der Waals surface area contributed by atoms with Crippen LogP contribution in [0.5, 0.6) is 0 Å². The SMILES string of the molecule is Cc1cccc(-c2ccc(-c3[nH]c(C(F)(F)F)nc3-c3ccccc3Cl)s2)c1. The standard InChI is InChI=1S/C21H14ClF3N2S/c1-12-5-4-6-13(11-12)16-9-10-17(28-16)19-18(14-7-2-3-8-15(14)22)26-20(27-19)21(23,24)25/h2-11H,1H3,(H,26,27). The van der Waals surface area contributed by atoms with E-state index in [9.17, 15) is 13.2 Å². The number of nitrogens with one attached hydrogen (secondary N) is 1. The first kappa shape index (κ1) is 18.8. The summed E-state index contributed by atoms with van der Waals surface area (Å²) >= 11 is 7.63. The van der Waals surface area contributed by atoms with Gasteiger partial charge in [-0.1, -0.05) is 59.6 Å². The number of hydrogen-bond acceptors (Lipinski definition) is 2. The van der Waals surface area contributed by atoms with Gasteiger partial charge >= 0.3 is 6.18 Å². The lowest BCUT2D eigenvalue weighted by atomic mass is 10.1. The van der Waals surface area contributed by atoms with Crippen LogP contribution in [0.2, 0.25) is 5.02 Å². The molecule has 0 amide bonds. The summed E-state index contributed by atoms with van der Waals surface area (Å²) in [5.74, 6) is -1.04. The summed E-state index contributed by atoms with van der Waals surface area (Å²) in [6, 6.07) is 18.4. The van der Waals surface area contributed by atoms with E-state index in [0.717, 1.165) is 16.0 Å². The van der Waals surface area contributed by atoms with Crippen LogP contribution >= 0.6 is 22.9 Å². The highest BCUT2D eigenvalue weighted by Gasteiger charge is 2.36. The number of hydrogen-bond donors (Lipinski definition) is 1. The van der Waals surface area contributed by atoms with Crippen molar-refractivity contribution in [2.24, 2.45) is 0 Å². The van der Waals surface area contributed by atoms with Crippen molar-refractivity contribution in [2.75, 3.05) is 0 Å². The van der Waals surface area contributed by atoms with Gasteiger partial charge in [-0.15, -0.1) is 11.3 Å². The highest BCUT2D eigenvalue weighted by molar-refractivity contribution is 7.18. The van der Waals surface area contributed by atoms with Crippen LogP contribution in [0.3, 0.4) is 0 Å². The largest absolute Gasteiger partial charge is 0.449 e. The normalized spacial score (nSPS) is 11.8. The minimum Gasteiger partial charge on any atom is -0.333 e. The second-order valence-corrected chi connectivity index (χ2v) is 7.81. The molecule has 4 aromatic rings. The van der Waals surface area contributed by atoms with Gasteiger partial charge in [0, 0.05) is 10.4 Å². The number of alkyl halides is 3. The van der Waals surface area contributed by atoms with Crippen molar-refractivity contribution in [2.45, 2.75) is 13.1 Å². The van der Waals surface area contributed by atoms with Crippen LogP contribution in [-0.2, 0) is 6.18 Å². The summed E-state index contributed by atoms with van der Waals surface area (Å²) in [4.78, 5) is 7.91. The first-order chi connectivity index (χ1) is 13.3. The number of aryl methyl sites for hydroxylation is 1. The van der Waals surface area contributed by atoms with E-state index in [-0.39, 0.29) is 5.69 Å². The van der Waals surface area contributed by atoms with Gasteiger partial charge in [-0.2, -0.15) is 13.2 Å². The van der Waals surface area contributed by atoms with Crippen LogP contribution < -0.4 is 0 Å². The summed E-state index contributed by atoms with van der Waals surface area (Å²) in [5, 5.41) is 0.347. The van der Waals surface area contributed by atoms with Crippen molar-refractivity contribution in [3.63, 3.8) is 0 Å². The van der Waals surface area contributed by atoms with Crippen molar-refractivity contribution in [3.8, 4) is 32.3 Å². The zero-order valence-corrected chi connectivity index (χ0v) is 16.2. The molecule has 2 aromatic heterocycles. The molecule has 0 spiro atoms. The van der Waals surface area contributed by atoms with Crippen LogP contribution in [0.25, 0.3) is 32.3 Å². The Bertz CT molecular complexity index is 1140. The first-order valence-electron chi connectivity index (χ1n) is 8.42. The number of halogens is 4. The molecule has 2 nitrogen and oxygen atoms in total. The molecule has 7 heteroatoms. The fourth-order valence-electron chi connectivity index (χ4n) is 2.96. The fourth-order valence-corrected chi connectivity index (χ4v) is 4.19. The molecule has 28 heavy (non-hydrogen) atoms. The fraction of sp³-hybridized carbons (Fsp3) is 0.0952. The van der Waals surface area contributed by atoms with Crippen LogP contribution in [0, 0.1) is 6.92 Å². The molecule has 2 heterocycles. The molecule has 0 fully saturated rings. The number of aromatic nitrogens is 2. The van der Waals surface area contributed by atoms with Crippen LogP contribution in [0.1, 0.15) is 11.4 Å². The smallest absolute Gasteiger partial charge is 0.333 e. The minimum atomic E-state index is -4.58. The van der Waals surface area contributed by atoms with Gasteiger partial charge in [0.25, 0.3) is 0 Å². The Morgan fingerprint density at radius 2 is 1.71 bits per heavy atom. The van der Waals surface area contributed by atoms with Gasteiger partial charge in [0.1, 0.15) is 0 Å². The third kappa shape index (κ3) is 3.57. The second-order valence-electron chi connectivity index (χ2n) is 6.32. The van der Waals surface area contributed by atoms with Crippen LogP contribution in [0.4, 0.5) is 13.2 Å². The third-order valence-corrected chi connectivity index (χ3v) is 5.74. The van der Waals surface area contributed by atoms with Gasteiger partial charge in [0.05, 0.1) is 21.3 Å². The van der Waals surface area contributed by atoms with E-state index >= 15 is 0 Å². The van der Waals surface area contributed by atoms with E-state index < -0.39 is 12.0 Å². The number of benzene rings is 2. The molecule has 0 saturated heterocycles. The molecule has 0 unspecified atom stereocenters. The van der Waals surface area contributed by atoms with Crippen molar-refractivity contribution < 1.29 is 13.2 Å². The number of rotatable bonds is 3. The Hall–Kier alpha value is -2.57. The van der Waals surface area contributed by atoms with Gasteiger partial charge < -0.3 is 4.98 Å². The number of H-pyrrole nitrogens is 1. The third-order valence-electron chi connectivity index (χ3n) is 4.26. The summed E-state index contributed by atoms with van der Waals surface area (Å²) < 4.78 is 39.9. The van der Waals surface area contributed by atoms with E-state index in [4.69, 9.17) is 11.6 Å². The van der Waals surface area contributed by atoms with Gasteiger partial charge in [-0.05, 0) is 30.7 Å². The maximum atomic E-state index is 13.3. The van der Waals surface area contributed by atoms with Gasteiger partial charge in [-0.25, -0.2) is 4.98 Å². The molecule has 0 saturated carbocycles. The maximum Gasteiger partial charge on any atom is 0.449 e. The Kier molecular flexibility index (Phi) is 4.77. The average Bonchev–Trinajstić information content (AvgIpc) is 3.29. The summed E-state index contributed by atoms with van der Waals surface area (Å²) in [6.07, 6.45) is -4.58. The molecule has 0 aliphatic heterocycles. The lowest BCUT2D eigenvalue weighted by molar-refractivity contribution is -0.144. The average molecular weight is 419 g/mol. The lowest BCUT2D eigenvalue weighted by Crippen LogP contribution is -2.07. The zero-order chi connectivity index (χ0) is 19.9. The molecule has 1 N–H and O–H groups in total. The zero-order valence-electron chi connectivity index (χ0n) is 14.6. The number of imidazole rings is 1. The lowest BCUT2D eigenvalue weighted by Gasteiger charge is -2.03. The van der Waals surface area contributed by atoms with E-state index in [1.165, 1.54) is 11.3 Å². The Labute approximate surface area is 168 Å². The Balaban J connectivity index is 1.86. The monoisotopic (exact) mass is 418 g/mol. The molecule has 0 atom stereocenters. The van der Waals surface area contributed by atoms with Crippen molar-refractivity contribution in [3.05, 3.63) is 77.1 Å². The highest BCUT2D eigenvalue weighted by Crippen LogP contribution is 2.41. The van der Waals surface area contributed by atoms with E-state index in [0.29, 0.717) is 21.2 Å². The molecule has 0 aliphatic carbocycles. The molecule has 0 radical (unpaired) electrons. The van der Waals surface area contributed by atoms with E-state index in [1.54, 1.807) is 30.3 Å². The number of thiophene rings is 1. The second kappa shape index (κ2) is 7.11. The predicted octanol–water partition coefficient (Wildman–Crippen LogP) is 7.45. The molecule has 0 aliphatic rings. The number of nitrogens with zero attached hydrogens (tertiary/aromatic N) is 1. The van der Waals surface area contributed by atoms with E-state index in [2.05, 4.69) is 9.97 Å². The van der Waals surface area contributed by atoms with Crippen molar-refractivity contribution >= 4 is 22.9 Å². The van der Waals surface area contributed by atoms with Crippen LogP contribution in [0.15, 0.2) is 60.7 Å². The maximum absolute atomic E-state index is 13.3. The number of aromatic amines is 1. The molecular formula is C21H14ClF3N2S. The van der Waals surface area contributed by atoms with Crippen LogP contribution in [-0.4, -0.2) is 9.97 Å². The Morgan fingerprint density at radius 1 is 0.964 bits per heavy atom. The van der Waals surface area contributed by atoms with Gasteiger partial charge in [0.2, 0.25) is 5.82 Å². The molecule has 0 bridgehead atoms. The van der Waals surface area contributed by atoms with E-state index in [1.807, 2.05) is 37.3 Å². The quantitative estimate of drug-likeness (QED) is 0.367. The van der Waals surface area contributed by atoms with Crippen molar-refractivity contribution in [1.29, 1.82) is 0 Å². The molecule has 2 aromatic carbocycles. The summed E-state index contributed by atoms with van der Waals surface area (Å²) in [5.41, 5.74) is 3.09. The van der Waals surface area contributed by atoms with Gasteiger partial charge in [-0.3, -0.25) is 0 Å². The highest BCUT2D eigenvalue weighted by atomic mass is 35.5. The first-order valence-corrected chi connectivity index (χ1v) is 9.62.